The zero-order chi connectivity index (χ0) is 13.4. The Bertz CT molecular complexity index is 354. The highest BCUT2D eigenvalue weighted by Gasteiger charge is 2.57. The molecule has 4 nitrogen and oxygen atoms in total. The van der Waals surface area contributed by atoms with E-state index in [4.69, 9.17) is 4.74 Å². The van der Waals surface area contributed by atoms with E-state index < -0.39 is 5.41 Å². The van der Waals surface area contributed by atoms with Crippen LogP contribution in [0.5, 0.6) is 0 Å². The lowest BCUT2D eigenvalue weighted by Crippen LogP contribution is -2.45. The largest absolute Gasteiger partial charge is 0.468 e. The van der Waals surface area contributed by atoms with Crippen LogP contribution in [0.4, 0.5) is 0 Å². The molecule has 18 heavy (non-hydrogen) atoms. The van der Waals surface area contributed by atoms with Crippen LogP contribution in [0.2, 0.25) is 0 Å². The highest BCUT2D eigenvalue weighted by molar-refractivity contribution is 6.05. The highest BCUT2D eigenvalue weighted by Crippen LogP contribution is 2.47. The maximum atomic E-state index is 12.1. The van der Waals surface area contributed by atoms with E-state index in [1.54, 1.807) is 0 Å². The van der Waals surface area contributed by atoms with Gasteiger partial charge >= 0.3 is 5.97 Å². The smallest absolute Gasteiger partial charge is 0.321 e. The molecule has 2 aliphatic carbocycles. The summed E-state index contributed by atoms with van der Waals surface area (Å²) in [4.78, 5) is 23.7. The van der Waals surface area contributed by atoms with Crippen LogP contribution < -0.4 is 5.32 Å². The third kappa shape index (κ3) is 2.25. The maximum absolute atomic E-state index is 12.1. The number of methoxy groups -OCH3 is 1. The van der Waals surface area contributed by atoms with Gasteiger partial charge in [0.2, 0.25) is 5.91 Å². The Labute approximate surface area is 108 Å². The number of rotatable bonds is 5. The van der Waals surface area contributed by atoms with E-state index in [1.807, 2.05) is 0 Å². The molecule has 0 aromatic rings. The molecule has 0 unspecified atom stereocenters. The van der Waals surface area contributed by atoms with Gasteiger partial charge in [0.1, 0.15) is 5.41 Å². The van der Waals surface area contributed by atoms with E-state index in [-0.39, 0.29) is 17.3 Å². The second-order valence-electron chi connectivity index (χ2n) is 6.37. The van der Waals surface area contributed by atoms with Crippen LogP contribution in [0.3, 0.4) is 0 Å². The molecule has 1 N–H and O–H groups in total. The first-order chi connectivity index (χ1) is 8.42. The van der Waals surface area contributed by atoms with Crippen molar-refractivity contribution in [2.75, 3.05) is 13.7 Å². The van der Waals surface area contributed by atoms with Gasteiger partial charge in [0.15, 0.2) is 0 Å². The topological polar surface area (TPSA) is 55.4 Å². The van der Waals surface area contributed by atoms with E-state index in [2.05, 4.69) is 19.2 Å². The lowest BCUT2D eigenvalue weighted by atomic mass is 9.67. The molecule has 0 heterocycles. The van der Waals surface area contributed by atoms with Crippen molar-refractivity contribution in [3.05, 3.63) is 0 Å². The van der Waals surface area contributed by atoms with E-state index >= 15 is 0 Å². The summed E-state index contributed by atoms with van der Waals surface area (Å²) >= 11 is 0. The quantitative estimate of drug-likeness (QED) is 0.601. The summed E-state index contributed by atoms with van der Waals surface area (Å²) in [6.45, 7) is 5.03. The van der Waals surface area contributed by atoms with Crippen molar-refractivity contribution in [1.29, 1.82) is 0 Å². The summed E-state index contributed by atoms with van der Waals surface area (Å²) in [6, 6.07) is 0. The average Bonchev–Trinajstić information content (AvgIpc) is 3.03. The van der Waals surface area contributed by atoms with Gasteiger partial charge in [-0.3, -0.25) is 9.59 Å². The molecule has 1 amide bonds. The first-order valence-corrected chi connectivity index (χ1v) is 6.79. The molecule has 0 aliphatic heterocycles. The number of hydrogen-bond donors (Lipinski definition) is 1. The number of nitrogens with one attached hydrogen (secondary N) is 1. The maximum Gasteiger partial charge on any atom is 0.321 e. The van der Waals surface area contributed by atoms with Gasteiger partial charge in [-0.05, 0) is 37.0 Å². The van der Waals surface area contributed by atoms with Gasteiger partial charge < -0.3 is 10.1 Å². The van der Waals surface area contributed by atoms with Crippen LogP contribution in [0, 0.1) is 16.7 Å². The Morgan fingerprint density at radius 2 is 1.94 bits per heavy atom. The third-order valence-electron chi connectivity index (χ3n) is 4.68. The molecular formula is C14H23NO3. The predicted octanol–water partition coefficient (Wildman–Crippen LogP) is 1.88. The van der Waals surface area contributed by atoms with E-state index in [0.717, 1.165) is 0 Å². The summed E-state index contributed by atoms with van der Waals surface area (Å²) in [5.41, 5.74) is -0.745. The molecule has 0 bridgehead atoms. The predicted molar refractivity (Wildman–Crippen MR) is 67.8 cm³/mol. The molecule has 0 atom stereocenters. The first kappa shape index (κ1) is 13.4. The Morgan fingerprint density at radius 3 is 2.33 bits per heavy atom. The molecule has 2 rings (SSSR count). The summed E-state index contributed by atoms with van der Waals surface area (Å²) < 4.78 is 4.71. The van der Waals surface area contributed by atoms with Gasteiger partial charge in [-0.25, -0.2) is 0 Å². The standard InChI is InChI=1S/C14H23NO3/c1-13(2,10-5-4-6-10)9-15-11(16)14(7-8-14)12(17)18-3/h10H,4-9H2,1-3H3,(H,15,16). The molecule has 0 saturated heterocycles. The molecule has 0 radical (unpaired) electrons. The summed E-state index contributed by atoms with van der Waals surface area (Å²) in [5.74, 6) is 0.161. The van der Waals surface area contributed by atoms with Crippen LogP contribution in [0.15, 0.2) is 0 Å². The van der Waals surface area contributed by atoms with Crippen molar-refractivity contribution in [2.24, 2.45) is 16.7 Å². The minimum Gasteiger partial charge on any atom is -0.468 e. The van der Waals surface area contributed by atoms with Crippen LogP contribution >= 0.6 is 0 Å². The minimum atomic E-state index is -0.871. The normalized spacial score (nSPS) is 21.9. The molecule has 2 fully saturated rings. The molecule has 2 aliphatic rings. The van der Waals surface area contributed by atoms with Crippen molar-refractivity contribution in [3.8, 4) is 0 Å². The number of ether oxygens (including phenoxy) is 1. The number of amides is 1. The SMILES string of the molecule is COC(=O)C1(C(=O)NCC(C)(C)C2CCC2)CC1. The second-order valence-corrected chi connectivity index (χ2v) is 6.37. The average molecular weight is 253 g/mol. The Morgan fingerprint density at radius 1 is 1.33 bits per heavy atom. The van der Waals surface area contributed by atoms with Crippen molar-refractivity contribution in [3.63, 3.8) is 0 Å². The van der Waals surface area contributed by atoms with Crippen molar-refractivity contribution in [1.82, 2.24) is 5.32 Å². The molecule has 4 heteroatoms. The van der Waals surface area contributed by atoms with Crippen LogP contribution in [-0.2, 0) is 14.3 Å². The zero-order valence-corrected chi connectivity index (χ0v) is 11.5. The fourth-order valence-corrected chi connectivity index (χ4v) is 2.66. The van der Waals surface area contributed by atoms with Crippen molar-refractivity contribution < 1.29 is 14.3 Å². The molecular weight excluding hydrogens is 230 g/mol. The highest BCUT2D eigenvalue weighted by atomic mass is 16.5. The second kappa shape index (κ2) is 4.56. The van der Waals surface area contributed by atoms with Gasteiger partial charge in [0.05, 0.1) is 7.11 Å². The number of carbonyl (C=O) groups is 2. The lowest BCUT2D eigenvalue weighted by Gasteiger charge is -2.40. The van der Waals surface area contributed by atoms with E-state index in [0.29, 0.717) is 25.3 Å². The summed E-state index contributed by atoms with van der Waals surface area (Å²) in [5, 5.41) is 2.95. The fourth-order valence-electron chi connectivity index (χ4n) is 2.66. The fraction of sp³-hybridized carbons (Fsp3) is 0.857. The van der Waals surface area contributed by atoms with E-state index in [9.17, 15) is 9.59 Å². The minimum absolute atomic E-state index is 0.125. The molecule has 102 valence electrons. The van der Waals surface area contributed by atoms with Crippen LogP contribution in [-0.4, -0.2) is 25.5 Å². The van der Waals surface area contributed by atoms with Gasteiger partial charge in [0.25, 0.3) is 0 Å². The van der Waals surface area contributed by atoms with E-state index in [1.165, 1.54) is 26.4 Å². The van der Waals surface area contributed by atoms with Crippen molar-refractivity contribution in [2.45, 2.75) is 46.0 Å². The summed E-state index contributed by atoms with van der Waals surface area (Å²) in [6.07, 6.45) is 5.05. The van der Waals surface area contributed by atoms with Gasteiger partial charge in [-0.1, -0.05) is 20.3 Å². The molecule has 0 spiro atoms. The molecule has 2 saturated carbocycles. The number of hydrogen-bond acceptors (Lipinski definition) is 3. The third-order valence-corrected chi connectivity index (χ3v) is 4.68. The monoisotopic (exact) mass is 253 g/mol. The number of carbonyl (C=O) groups excluding carboxylic acids is 2. The van der Waals surface area contributed by atoms with Crippen LogP contribution in [0.25, 0.3) is 0 Å². The Hall–Kier alpha value is -1.06. The molecule has 0 aromatic carbocycles. The Balaban J connectivity index is 1.87. The van der Waals surface area contributed by atoms with Gasteiger partial charge in [-0.15, -0.1) is 0 Å². The lowest BCUT2D eigenvalue weighted by molar-refractivity contribution is -0.152. The zero-order valence-electron chi connectivity index (χ0n) is 11.5. The number of esters is 1. The van der Waals surface area contributed by atoms with Crippen LogP contribution in [0.1, 0.15) is 46.0 Å². The van der Waals surface area contributed by atoms with Gasteiger partial charge in [0, 0.05) is 6.54 Å². The summed E-state index contributed by atoms with van der Waals surface area (Å²) in [7, 11) is 1.34. The Kier molecular flexibility index (Phi) is 3.39. The first-order valence-electron chi connectivity index (χ1n) is 6.79. The van der Waals surface area contributed by atoms with Crippen molar-refractivity contribution >= 4 is 11.9 Å². The molecule has 0 aromatic heterocycles. The van der Waals surface area contributed by atoms with Gasteiger partial charge in [-0.2, -0.15) is 0 Å².